The number of nitrogens with zero attached hydrogens (tertiary/aromatic N) is 2. The molecular weight excluding hydrogens is 292 g/mol. The molecule has 0 aromatic heterocycles. The van der Waals surface area contributed by atoms with E-state index >= 15 is 0 Å². The second-order valence-corrected chi connectivity index (χ2v) is 5.30. The van der Waals surface area contributed by atoms with Gasteiger partial charge in [0.05, 0.1) is 12.5 Å². The van der Waals surface area contributed by atoms with E-state index in [-0.39, 0.29) is 11.6 Å². The van der Waals surface area contributed by atoms with Crippen molar-refractivity contribution in [3.8, 4) is 5.75 Å². The summed E-state index contributed by atoms with van der Waals surface area (Å²) in [5.74, 6) is 0.0472. The van der Waals surface area contributed by atoms with Crippen LogP contribution in [0.15, 0.2) is 40.6 Å². The molecule has 1 aromatic rings. The van der Waals surface area contributed by atoms with Crippen LogP contribution in [0.3, 0.4) is 0 Å². The fourth-order valence-electron chi connectivity index (χ4n) is 2.20. The van der Waals surface area contributed by atoms with Crippen molar-refractivity contribution in [3.05, 3.63) is 41.5 Å². The summed E-state index contributed by atoms with van der Waals surface area (Å²) in [7, 11) is 0. The molecule has 0 bridgehead atoms. The van der Waals surface area contributed by atoms with Gasteiger partial charge in [-0.25, -0.2) is 0 Å². The van der Waals surface area contributed by atoms with Gasteiger partial charge in [0, 0.05) is 18.0 Å². The number of ether oxygens (including phenoxy) is 1. The highest BCUT2D eigenvalue weighted by molar-refractivity contribution is 6.10. The highest BCUT2D eigenvalue weighted by atomic mass is 16.5. The van der Waals surface area contributed by atoms with Crippen LogP contribution in [0.2, 0.25) is 0 Å². The number of benzene rings is 1. The van der Waals surface area contributed by atoms with Crippen molar-refractivity contribution in [1.29, 1.82) is 0 Å². The number of aryl methyl sites for hydroxylation is 1. The van der Waals surface area contributed by atoms with Crippen LogP contribution in [-0.2, 0) is 11.2 Å². The lowest BCUT2D eigenvalue weighted by Gasteiger charge is -2.17. The van der Waals surface area contributed by atoms with Crippen molar-refractivity contribution in [3.63, 3.8) is 0 Å². The minimum atomic E-state index is -0.417. The molecular formula is C18H20N2O3. The van der Waals surface area contributed by atoms with Crippen LogP contribution < -0.4 is 4.74 Å². The molecule has 0 aliphatic carbocycles. The van der Waals surface area contributed by atoms with Gasteiger partial charge in [0.25, 0.3) is 0 Å². The van der Waals surface area contributed by atoms with Crippen LogP contribution in [0.25, 0.3) is 0 Å². The molecule has 120 valence electrons. The Hall–Kier alpha value is -2.56. The topological polar surface area (TPSA) is 68.1 Å². The molecule has 1 aliphatic heterocycles. The number of hydrogen-bond acceptors (Lipinski definition) is 5. The Kier molecular flexibility index (Phi) is 5.97. The Morgan fingerprint density at radius 2 is 2.09 bits per heavy atom. The molecule has 2 rings (SSSR count). The first-order valence-corrected chi connectivity index (χ1v) is 7.65. The Balaban J connectivity index is 2.02. The molecule has 1 atom stereocenters. The smallest absolute Gasteiger partial charge is 0.185 e. The summed E-state index contributed by atoms with van der Waals surface area (Å²) in [6.07, 6.45) is 7.45. The molecule has 0 amide bonds. The van der Waals surface area contributed by atoms with E-state index in [9.17, 15) is 9.59 Å². The molecule has 1 unspecified atom stereocenters. The number of carbonyl (C=O) groups is 2. The zero-order chi connectivity index (χ0) is 16.7. The number of allylic oxidation sites excluding steroid dienone is 2. The normalized spacial score (nSPS) is 15.7. The van der Waals surface area contributed by atoms with Crippen molar-refractivity contribution < 1.29 is 14.3 Å². The second kappa shape index (κ2) is 8.17. The van der Waals surface area contributed by atoms with E-state index in [1.165, 1.54) is 24.6 Å². The first-order chi connectivity index (χ1) is 11.1. The van der Waals surface area contributed by atoms with Gasteiger partial charge in [-0.2, -0.15) is 10.2 Å². The third kappa shape index (κ3) is 4.71. The van der Waals surface area contributed by atoms with E-state index in [0.29, 0.717) is 5.56 Å². The first-order valence-electron chi connectivity index (χ1n) is 7.65. The highest BCUT2D eigenvalue weighted by Crippen LogP contribution is 2.25. The average molecular weight is 312 g/mol. The number of fused-ring (bicyclic) bond motifs is 1. The van der Waals surface area contributed by atoms with Gasteiger partial charge in [0.2, 0.25) is 0 Å². The molecule has 5 heteroatoms. The minimum Gasteiger partial charge on any atom is -0.493 e. The zero-order valence-corrected chi connectivity index (χ0v) is 13.4. The molecule has 0 saturated carbocycles. The monoisotopic (exact) mass is 312 g/mol. The number of carbonyl (C=O) groups excluding carboxylic acids is 2. The van der Waals surface area contributed by atoms with Gasteiger partial charge in [-0.05, 0) is 55.7 Å². The lowest BCUT2D eigenvalue weighted by molar-refractivity contribution is -0.115. The standard InChI is InChI=1S/C18H20N2O3/c1-3-19-20-12-13(2)16(21)7-8-17(22)14-6-9-18-15(11-14)5-4-10-23-18/h3,6-9,11-13H,4-5,10H2,1-2H3/b8-7+,19-3+,20-12+. The molecule has 0 saturated heterocycles. The van der Waals surface area contributed by atoms with Gasteiger partial charge in [0.1, 0.15) is 5.75 Å². The zero-order valence-electron chi connectivity index (χ0n) is 13.4. The SMILES string of the molecule is C/C=N/N=C/C(C)C(=O)/C=C/C(=O)c1ccc2c(c1)CCCO2. The number of hydrogen-bond donors (Lipinski definition) is 0. The van der Waals surface area contributed by atoms with E-state index in [2.05, 4.69) is 10.2 Å². The molecule has 1 heterocycles. The Bertz CT molecular complexity index is 675. The van der Waals surface area contributed by atoms with E-state index in [0.717, 1.165) is 30.8 Å². The maximum atomic E-state index is 12.2. The minimum absolute atomic E-state index is 0.185. The molecule has 1 aromatic carbocycles. The fraction of sp³-hybridized carbons (Fsp3) is 0.333. The van der Waals surface area contributed by atoms with Crippen molar-refractivity contribution >= 4 is 24.0 Å². The summed E-state index contributed by atoms with van der Waals surface area (Å²) in [5, 5.41) is 7.40. The summed E-state index contributed by atoms with van der Waals surface area (Å²) in [6.45, 7) is 4.17. The van der Waals surface area contributed by atoms with Crippen molar-refractivity contribution in [2.24, 2.45) is 16.1 Å². The first kappa shape index (κ1) is 16.8. The average Bonchev–Trinajstić information content (AvgIpc) is 2.59. The quantitative estimate of drug-likeness (QED) is 0.351. The highest BCUT2D eigenvalue weighted by Gasteiger charge is 2.13. The molecule has 1 aliphatic rings. The van der Waals surface area contributed by atoms with E-state index in [4.69, 9.17) is 4.74 Å². The summed E-state index contributed by atoms with van der Waals surface area (Å²) >= 11 is 0. The lowest BCUT2D eigenvalue weighted by Crippen LogP contribution is -2.10. The summed E-state index contributed by atoms with van der Waals surface area (Å²) < 4.78 is 5.53. The van der Waals surface area contributed by atoms with Gasteiger partial charge in [-0.3, -0.25) is 9.59 Å². The van der Waals surface area contributed by atoms with Crippen molar-refractivity contribution in [2.45, 2.75) is 26.7 Å². The van der Waals surface area contributed by atoms with Gasteiger partial charge in [-0.15, -0.1) is 0 Å². The number of ketones is 2. The predicted molar refractivity (Wildman–Crippen MR) is 90.6 cm³/mol. The predicted octanol–water partition coefficient (Wildman–Crippen LogP) is 3.03. The Morgan fingerprint density at radius 3 is 2.87 bits per heavy atom. The fourth-order valence-corrected chi connectivity index (χ4v) is 2.20. The van der Waals surface area contributed by atoms with Crippen LogP contribution >= 0.6 is 0 Å². The lowest BCUT2D eigenvalue weighted by atomic mass is 10.0. The summed E-state index contributed by atoms with van der Waals surface area (Å²) in [6, 6.07) is 5.38. The summed E-state index contributed by atoms with van der Waals surface area (Å²) in [5.41, 5.74) is 1.61. The van der Waals surface area contributed by atoms with E-state index < -0.39 is 5.92 Å². The molecule has 5 nitrogen and oxygen atoms in total. The Labute approximate surface area is 135 Å². The van der Waals surface area contributed by atoms with Crippen molar-refractivity contribution in [1.82, 2.24) is 0 Å². The van der Waals surface area contributed by atoms with E-state index in [1.807, 2.05) is 12.1 Å². The number of rotatable bonds is 6. The molecule has 0 spiro atoms. The maximum absolute atomic E-state index is 12.2. The second-order valence-electron chi connectivity index (χ2n) is 5.30. The summed E-state index contributed by atoms with van der Waals surface area (Å²) in [4.78, 5) is 24.1. The van der Waals surface area contributed by atoms with Gasteiger partial charge in [0.15, 0.2) is 11.6 Å². The molecule has 0 fully saturated rings. The third-order valence-corrected chi connectivity index (χ3v) is 3.51. The van der Waals surface area contributed by atoms with Crippen LogP contribution in [-0.4, -0.2) is 30.6 Å². The van der Waals surface area contributed by atoms with Crippen LogP contribution in [0.5, 0.6) is 5.75 Å². The largest absolute Gasteiger partial charge is 0.493 e. The molecule has 0 N–H and O–H groups in total. The molecule has 0 radical (unpaired) electrons. The van der Waals surface area contributed by atoms with Crippen molar-refractivity contribution in [2.75, 3.05) is 6.61 Å². The molecule has 23 heavy (non-hydrogen) atoms. The van der Waals surface area contributed by atoms with E-state index in [1.54, 1.807) is 19.9 Å². The van der Waals surface area contributed by atoms with Crippen LogP contribution in [0, 0.1) is 5.92 Å². The van der Waals surface area contributed by atoms with Crippen LogP contribution in [0.4, 0.5) is 0 Å². The Morgan fingerprint density at radius 1 is 1.26 bits per heavy atom. The van der Waals surface area contributed by atoms with Crippen LogP contribution in [0.1, 0.15) is 36.2 Å². The van der Waals surface area contributed by atoms with Gasteiger partial charge < -0.3 is 4.74 Å². The maximum Gasteiger partial charge on any atom is 0.185 e. The third-order valence-electron chi connectivity index (χ3n) is 3.51. The van der Waals surface area contributed by atoms with Gasteiger partial charge in [-0.1, -0.05) is 6.92 Å². The van der Waals surface area contributed by atoms with Gasteiger partial charge >= 0.3 is 0 Å².